The zero-order chi connectivity index (χ0) is 15.2. The van der Waals surface area contributed by atoms with Crippen LogP contribution in [-0.2, 0) is 10.0 Å². The third-order valence-corrected chi connectivity index (χ3v) is 5.86. The Balaban J connectivity index is 2.31. The summed E-state index contributed by atoms with van der Waals surface area (Å²) in [7, 11) is -3.77. The van der Waals surface area contributed by atoms with Crippen molar-refractivity contribution in [2.45, 2.75) is 11.8 Å². The maximum Gasteiger partial charge on any atom is 0.270 e. The van der Waals surface area contributed by atoms with E-state index in [4.69, 9.17) is 11.6 Å². The highest BCUT2D eigenvalue weighted by Crippen LogP contribution is 2.30. The molecule has 0 saturated carbocycles. The average Bonchev–Trinajstić information content (AvgIpc) is 2.77. The van der Waals surface area contributed by atoms with E-state index in [1.165, 1.54) is 6.33 Å². The lowest BCUT2D eigenvalue weighted by Crippen LogP contribution is -2.13. The number of hydrogen-bond donors (Lipinski definition) is 0. The van der Waals surface area contributed by atoms with Crippen molar-refractivity contribution >= 4 is 48.6 Å². The summed E-state index contributed by atoms with van der Waals surface area (Å²) < 4.78 is 27.0. The van der Waals surface area contributed by atoms with Crippen LogP contribution in [0.3, 0.4) is 0 Å². The summed E-state index contributed by atoms with van der Waals surface area (Å²) in [5, 5.41) is 0.681. The molecule has 3 aromatic rings. The van der Waals surface area contributed by atoms with E-state index in [-0.39, 0.29) is 15.7 Å². The first-order valence-electron chi connectivity index (χ1n) is 5.91. The van der Waals surface area contributed by atoms with Gasteiger partial charge in [-0.25, -0.2) is 22.4 Å². The molecule has 0 radical (unpaired) electrons. The van der Waals surface area contributed by atoms with E-state index in [0.717, 1.165) is 9.54 Å². The molecule has 8 heteroatoms. The van der Waals surface area contributed by atoms with Gasteiger partial charge in [0, 0.05) is 0 Å². The van der Waals surface area contributed by atoms with Crippen LogP contribution in [0.2, 0.25) is 5.15 Å². The Morgan fingerprint density at radius 2 is 1.86 bits per heavy atom. The van der Waals surface area contributed by atoms with Gasteiger partial charge < -0.3 is 0 Å². The Morgan fingerprint density at radius 3 is 2.52 bits per heavy atom. The smallest absolute Gasteiger partial charge is 0.224 e. The van der Waals surface area contributed by atoms with Gasteiger partial charge in [-0.2, -0.15) is 0 Å². The Bertz CT molecular complexity index is 936. The van der Waals surface area contributed by atoms with Gasteiger partial charge in [-0.3, -0.25) is 0 Å². The van der Waals surface area contributed by atoms with Crippen LogP contribution in [0, 0.1) is 6.92 Å². The first-order chi connectivity index (χ1) is 9.91. The molecule has 2 aromatic heterocycles. The van der Waals surface area contributed by atoms with Crippen LogP contribution in [0.15, 0.2) is 46.2 Å². The first-order valence-corrected chi connectivity index (χ1v) is 8.52. The van der Waals surface area contributed by atoms with E-state index < -0.39 is 10.0 Å². The Hall–Kier alpha value is -1.44. The summed E-state index contributed by atoms with van der Waals surface area (Å²) in [4.78, 5) is 8.07. The van der Waals surface area contributed by atoms with E-state index >= 15 is 0 Å². The second-order valence-electron chi connectivity index (χ2n) is 4.45. The van der Waals surface area contributed by atoms with Gasteiger partial charge in [-0.05, 0) is 41.1 Å². The minimum absolute atomic E-state index is 0.182. The van der Waals surface area contributed by atoms with Crippen molar-refractivity contribution in [3.8, 4) is 0 Å². The van der Waals surface area contributed by atoms with Gasteiger partial charge in [-0.1, -0.05) is 29.3 Å². The average molecular weight is 387 g/mol. The number of rotatable bonds is 2. The van der Waals surface area contributed by atoms with Crippen molar-refractivity contribution in [1.29, 1.82) is 0 Å². The summed E-state index contributed by atoms with van der Waals surface area (Å²) in [6, 6.07) is 8.20. The maximum atomic E-state index is 12.8. The predicted molar refractivity (Wildman–Crippen MR) is 84.0 cm³/mol. The summed E-state index contributed by atoms with van der Waals surface area (Å²) in [6.07, 6.45) is 1.23. The van der Waals surface area contributed by atoms with Crippen LogP contribution >= 0.6 is 27.5 Å². The van der Waals surface area contributed by atoms with Crippen molar-refractivity contribution in [2.75, 3.05) is 0 Å². The molecule has 0 fully saturated rings. The van der Waals surface area contributed by atoms with Crippen molar-refractivity contribution in [2.24, 2.45) is 0 Å². The fourth-order valence-electron chi connectivity index (χ4n) is 1.97. The van der Waals surface area contributed by atoms with Gasteiger partial charge >= 0.3 is 0 Å². The van der Waals surface area contributed by atoms with Crippen molar-refractivity contribution in [3.05, 3.63) is 52.0 Å². The highest BCUT2D eigenvalue weighted by molar-refractivity contribution is 9.10. The summed E-state index contributed by atoms with van der Waals surface area (Å²) in [5.41, 5.74) is 1.22. The number of halogens is 2. The van der Waals surface area contributed by atoms with Gasteiger partial charge in [0.05, 0.1) is 10.3 Å². The summed E-state index contributed by atoms with van der Waals surface area (Å²) in [5.74, 6) is 0. The van der Waals surface area contributed by atoms with Gasteiger partial charge in [0.25, 0.3) is 10.0 Å². The quantitative estimate of drug-likeness (QED) is 0.633. The lowest BCUT2D eigenvalue weighted by atomic mass is 10.2. The minimum atomic E-state index is -3.77. The SMILES string of the molecule is Cc1ccc(S(=O)(=O)n2c(Br)cc3c(Cl)ncnc32)cc1. The fraction of sp³-hybridized carbons (Fsp3) is 0.0769. The number of nitrogens with zero attached hydrogens (tertiary/aromatic N) is 3. The standard InChI is InChI=1S/C13H9BrClN3O2S/c1-8-2-4-9(5-3-8)21(19,20)18-11(14)6-10-12(15)16-7-17-13(10)18/h2-7H,1H3. The molecule has 1 aromatic carbocycles. The van der Waals surface area contributed by atoms with Crippen LogP contribution in [0.5, 0.6) is 0 Å². The molecular formula is C13H9BrClN3O2S. The second kappa shape index (κ2) is 5.08. The molecule has 0 unspecified atom stereocenters. The molecule has 0 amide bonds. The van der Waals surface area contributed by atoms with E-state index in [0.29, 0.717) is 9.99 Å². The topological polar surface area (TPSA) is 64.8 Å². The summed E-state index contributed by atoms with van der Waals surface area (Å²) >= 11 is 9.23. The van der Waals surface area contributed by atoms with E-state index in [9.17, 15) is 8.42 Å². The molecule has 3 rings (SSSR count). The molecule has 21 heavy (non-hydrogen) atoms. The normalized spacial score (nSPS) is 12.0. The maximum absolute atomic E-state index is 12.8. The second-order valence-corrected chi connectivity index (χ2v) is 7.41. The van der Waals surface area contributed by atoms with Crippen molar-refractivity contribution in [1.82, 2.24) is 13.9 Å². The Morgan fingerprint density at radius 1 is 1.19 bits per heavy atom. The number of fused-ring (bicyclic) bond motifs is 1. The Kier molecular flexibility index (Phi) is 3.51. The molecule has 0 aliphatic carbocycles. The highest BCUT2D eigenvalue weighted by atomic mass is 79.9. The molecular weight excluding hydrogens is 378 g/mol. The molecule has 0 aliphatic heterocycles. The number of hydrogen-bond acceptors (Lipinski definition) is 4. The van der Waals surface area contributed by atoms with E-state index in [1.807, 2.05) is 6.92 Å². The van der Waals surface area contributed by atoms with Gasteiger partial charge in [0.15, 0.2) is 5.65 Å². The van der Waals surface area contributed by atoms with Crippen LogP contribution in [0.1, 0.15) is 5.56 Å². The van der Waals surface area contributed by atoms with Crippen LogP contribution in [0.25, 0.3) is 11.0 Å². The van der Waals surface area contributed by atoms with Crippen molar-refractivity contribution < 1.29 is 8.42 Å². The molecule has 0 atom stereocenters. The van der Waals surface area contributed by atoms with Crippen LogP contribution in [0.4, 0.5) is 0 Å². The van der Waals surface area contributed by atoms with Gasteiger partial charge in [-0.15, -0.1) is 0 Å². The molecule has 0 aliphatic rings. The Labute approximate surface area is 134 Å². The van der Waals surface area contributed by atoms with Gasteiger partial charge in [0.1, 0.15) is 16.1 Å². The molecule has 2 heterocycles. The monoisotopic (exact) mass is 385 g/mol. The third-order valence-electron chi connectivity index (χ3n) is 3.02. The molecule has 0 bridgehead atoms. The predicted octanol–water partition coefficient (Wildman–Crippen LogP) is 3.39. The number of aromatic nitrogens is 3. The van der Waals surface area contributed by atoms with Crippen LogP contribution < -0.4 is 0 Å². The number of aryl methyl sites for hydroxylation is 1. The first kappa shape index (κ1) is 14.5. The third kappa shape index (κ3) is 2.35. The highest BCUT2D eigenvalue weighted by Gasteiger charge is 2.24. The van der Waals surface area contributed by atoms with Crippen molar-refractivity contribution in [3.63, 3.8) is 0 Å². The lowest BCUT2D eigenvalue weighted by molar-refractivity contribution is 0.588. The lowest BCUT2D eigenvalue weighted by Gasteiger charge is -2.08. The zero-order valence-electron chi connectivity index (χ0n) is 10.8. The minimum Gasteiger partial charge on any atom is -0.224 e. The molecule has 5 nitrogen and oxygen atoms in total. The molecule has 0 N–H and O–H groups in total. The molecule has 108 valence electrons. The zero-order valence-corrected chi connectivity index (χ0v) is 13.9. The molecule has 0 saturated heterocycles. The largest absolute Gasteiger partial charge is 0.270 e. The molecule has 0 spiro atoms. The number of benzene rings is 1. The van der Waals surface area contributed by atoms with E-state index in [2.05, 4.69) is 25.9 Å². The van der Waals surface area contributed by atoms with Crippen LogP contribution in [-0.4, -0.2) is 22.4 Å². The summed E-state index contributed by atoms with van der Waals surface area (Å²) in [6.45, 7) is 1.89. The van der Waals surface area contributed by atoms with Gasteiger partial charge in [0.2, 0.25) is 0 Å². The van der Waals surface area contributed by atoms with E-state index in [1.54, 1.807) is 30.3 Å². The fourth-order valence-corrected chi connectivity index (χ4v) is 4.47.